The van der Waals surface area contributed by atoms with E-state index in [9.17, 15) is 9.59 Å². The summed E-state index contributed by atoms with van der Waals surface area (Å²) in [6.45, 7) is 0. The van der Waals surface area contributed by atoms with Gasteiger partial charge in [0.1, 0.15) is 5.75 Å². The van der Waals surface area contributed by atoms with Crippen LogP contribution in [0.2, 0.25) is 0 Å². The standard InChI is InChI=1S/C12H9NO5/c1-18-7-3-2-6-4-8(11(14)15)10(12(16)17)13-9(6)5-7/h2-5H,1H3,(H,14,15)(H,16,17). The highest BCUT2D eigenvalue weighted by atomic mass is 16.5. The Morgan fingerprint density at radius 3 is 2.44 bits per heavy atom. The number of hydrogen-bond donors (Lipinski definition) is 2. The average molecular weight is 247 g/mol. The van der Waals surface area contributed by atoms with Crippen molar-refractivity contribution in [3.05, 3.63) is 35.5 Å². The predicted octanol–water partition coefficient (Wildman–Crippen LogP) is 1.64. The van der Waals surface area contributed by atoms with Gasteiger partial charge in [-0.3, -0.25) is 0 Å². The first-order valence-corrected chi connectivity index (χ1v) is 4.98. The molecular formula is C12H9NO5. The van der Waals surface area contributed by atoms with Crippen molar-refractivity contribution < 1.29 is 24.5 Å². The Labute approximate surface area is 101 Å². The van der Waals surface area contributed by atoms with Crippen molar-refractivity contribution >= 4 is 22.8 Å². The Bertz CT molecular complexity index is 650. The molecule has 2 aromatic rings. The van der Waals surface area contributed by atoms with Gasteiger partial charge in [0, 0.05) is 11.5 Å². The summed E-state index contributed by atoms with van der Waals surface area (Å²) < 4.78 is 5.00. The maximum absolute atomic E-state index is 11.0. The first-order chi connectivity index (χ1) is 8.52. The number of benzene rings is 1. The van der Waals surface area contributed by atoms with Crippen LogP contribution in [0.15, 0.2) is 24.3 Å². The van der Waals surface area contributed by atoms with Crippen LogP contribution in [0.25, 0.3) is 10.9 Å². The van der Waals surface area contributed by atoms with E-state index in [2.05, 4.69) is 4.98 Å². The molecule has 6 nitrogen and oxygen atoms in total. The molecule has 0 unspecified atom stereocenters. The molecule has 0 saturated heterocycles. The van der Waals surface area contributed by atoms with E-state index in [0.717, 1.165) is 0 Å². The van der Waals surface area contributed by atoms with Crippen molar-refractivity contribution in [2.75, 3.05) is 7.11 Å². The van der Waals surface area contributed by atoms with Crippen LogP contribution in [0.1, 0.15) is 20.8 Å². The Hall–Kier alpha value is -2.63. The second kappa shape index (κ2) is 4.33. The molecule has 0 saturated carbocycles. The summed E-state index contributed by atoms with van der Waals surface area (Å²) in [5.74, 6) is -2.18. The van der Waals surface area contributed by atoms with Gasteiger partial charge in [-0.15, -0.1) is 0 Å². The Kier molecular flexibility index (Phi) is 2.85. The minimum atomic E-state index is -1.38. The van der Waals surface area contributed by atoms with Crippen molar-refractivity contribution in [3.8, 4) is 5.75 Å². The molecule has 92 valence electrons. The van der Waals surface area contributed by atoms with Crippen molar-refractivity contribution in [3.63, 3.8) is 0 Å². The smallest absolute Gasteiger partial charge is 0.355 e. The van der Waals surface area contributed by atoms with Gasteiger partial charge in [-0.05, 0) is 18.2 Å². The van der Waals surface area contributed by atoms with Crippen molar-refractivity contribution in [1.82, 2.24) is 4.98 Å². The van der Waals surface area contributed by atoms with E-state index in [1.807, 2.05) is 0 Å². The van der Waals surface area contributed by atoms with Crippen molar-refractivity contribution in [1.29, 1.82) is 0 Å². The molecule has 0 radical (unpaired) electrons. The number of carboxylic acids is 2. The predicted molar refractivity (Wildman–Crippen MR) is 62.2 cm³/mol. The number of carboxylic acid groups (broad SMARTS) is 2. The maximum Gasteiger partial charge on any atom is 0.355 e. The molecule has 18 heavy (non-hydrogen) atoms. The SMILES string of the molecule is COc1ccc2cc(C(=O)O)c(C(=O)O)nc2c1. The summed E-state index contributed by atoms with van der Waals surface area (Å²) in [4.78, 5) is 25.8. The fourth-order valence-electron chi connectivity index (χ4n) is 1.60. The molecule has 6 heteroatoms. The molecule has 0 aliphatic heterocycles. The lowest BCUT2D eigenvalue weighted by atomic mass is 10.1. The second-order valence-corrected chi connectivity index (χ2v) is 3.55. The molecule has 1 aromatic heterocycles. The number of rotatable bonds is 3. The van der Waals surface area contributed by atoms with Crippen LogP contribution >= 0.6 is 0 Å². The molecule has 0 fully saturated rings. The van der Waals surface area contributed by atoms with Gasteiger partial charge in [0.2, 0.25) is 0 Å². The highest BCUT2D eigenvalue weighted by Gasteiger charge is 2.18. The number of pyridine rings is 1. The van der Waals surface area contributed by atoms with Crippen LogP contribution in [0, 0.1) is 0 Å². The van der Waals surface area contributed by atoms with Gasteiger partial charge in [0.25, 0.3) is 0 Å². The topological polar surface area (TPSA) is 96.7 Å². The first kappa shape index (κ1) is 11.8. The monoisotopic (exact) mass is 247 g/mol. The number of fused-ring (bicyclic) bond motifs is 1. The number of ether oxygens (including phenoxy) is 1. The average Bonchev–Trinajstić information content (AvgIpc) is 2.36. The van der Waals surface area contributed by atoms with Crippen LogP contribution in [0.5, 0.6) is 5.75 Å². The summed E-state index contributed by atoms with van der Waals surface area (Å²) in [6, 6.07) is 6.11. The molecule has 0 aliphatic carbocycles. The van der Waals surface area contributed by atoms with Crippen molar-refractivity contribution in [2.45, 2.75) is 0 Å². The number of carbonyl (C=O) groups is 2. The highest BCUT2D eigenvalue weighted by molar-refractivity contribution is 6.03. The van der Waals surface area contributed by atoms with Gasteiger partial charge in [0.05, 0.1) is 18.2 Å². The Morgan fingerprint density at radius 2 is 1.89 bits per heavy atom. The number of nitrogens with zero attached hydrogens (tertiary/aromatic N) is 1. The minimum absolute atomic E-state index is 0.333. The summed E-state index contributed by atoms with van der Waals surface area (Å²) in [6.07, 6.45) is 0. The van der Waals surface area contributed by atoms with Gasteiger partial charge in [0.15, 0.2) is 5.69 Å². The largest absolute Gasteiger partial charge is 0.497 e. The minimum Gasteiger partial charge on any atom is -0.497 e. The lowest BCUT2D eigenvalue weighted by molar-refractivity contribution is 0.0647. The van der Waals surface area contributed by atoms with E-state index in [0.29, 0.717) is 16.7 Å². The van der Waals surface area contributed by atoms with Crippen LogP contribution in [-0.2, 0) is 0 Å². The van der Waals surface area contributed by atoms with Crippen LogP contribution in [0.3, 0.4) is 0 Å². The third-order valence-corrected chi connectivity index (χ3v) is 2.46. The molecule has 1 heterocycles. The summed E-state index contributed by atoms with van der Waals surface area (Å²) in [5, 5.41) is 18.4. The zero-order valence-corrected chi connectivity index (χ0v) is 9.38. The number of aromatic nitrogens is 1. The number of hydrogen-bond acceptors (Lipinski definition) is 4. The van der Waals surface area contributed by atoms with Crippen LogP contribution < -0.4 is 4.74 Å². The Balaban J connectivity index is 2.76. The highest BCUT2D eigenvalue weighted by Crippen LogP contribution is 2.22. The normalized spacial score (nSPS) is 10.3. The molecular weight excluding hydrogens is 238 g/mol. The summed E-state index contributed by atoms with van der Waals surface area (Å²) >= 11 is 0. The van der Waals surface area contributed by atoms with Gasteiger partial charge in [-0.25, -0.2) is 14.6 Å². The van der Waals surface area contributed by atoms with E-state index < -0.39 is 17.6 Å². The van der Waals surface area contributed by atoms with Gasteiger partial charge in [-0.2, -0.15) is 0 Å². The summed E-state index contributed by atoms with van der Waals surface area (Å²) in [5.41, 5.74) is -0.444. The number of aromatic carboxylic acids is 2. The quantitative estimate of drug-likeness (QED) is 0.855. The molecule has 0 bridgehead atoms. The Morgan fingerprint density at radius 1 is 1.17 bits per heavy atom. The van der Waals surface area contributed by atoms with E-state index in [1.54, 1.807) is 18.2 Å². The second-order valence-electron chi connectivity index (χ2n) is 3.55. The van der Waals surface area contributed by atoms with Gasteiger partial charge < -0.3 is 14.9 Å². The lowest BCUT2D eigenvalue weighted by Gasteiger charge is -2.05. The van der Waals surface area contributed by atoms with Gasteiger partial charge in [-0.1, -0.05) is 0 Å². The molecule has 2 rings (SSSR count). The van der Waals surface area contributed by atoms with Crippen molar-refractivity contribution in [2.24, 2.45) is 0 Å². The zero-order chi connectivity index (χ0) is 13.3. The third kappa shape index (κ3) is 1.95. The first-order valence-electron chi connectivity index (χ1n) is 4.98. The zero-order valence-electron chi connectivity index (χ0n) is 9.38. The third-order valence-electron chi connectivity index (χ3n) is 2.46. The molecule has 2 N–H and O–H groups in total. The lowest BCUT2D eigenvalue weighted by Crippen LogP contribution is -2.10. The number of methoxy groups -OCH3 is 1. The fraction of sp³-hybridized carbons (Fsp3) is 0.0833. The molecule has 0 aliphatic rings. The maximum atomic E-state index is 11.0. The molecule has 0 amide bonds. The molecule has 0 spiro atoms. The molecule has 0 atom stereocenters. The van der Waals surface area contributed by atoms with E-state index in [1.165, 1.54) is 13.2 Å². The van der Waals surface area contributed by atoms with Gasteiger partial charge >= 0.3 is 11.9 Å². The van der Waals surface area contributed by atoms with Crippen LogP contribution in [0.4, 0.5) is 0 Å². The van der Waals surface area contributed by atoms with E-state index in [4.69, 9.17) is 14.9 Å². The van der Waals surface area contributed by atoms with Crippen LogP contribution in [-0.4, -0.2) is 34.2 Å². The molecule has 1 aromatic carbocycles. The fourth-order valence-corrected chi connectivity index (χ4v) is 1.60. The summed E-state index contributed by atoms with van der Waals surface area (Å²) in [7, 11) is 1.48. The van der Waals surface area contributed by atoms with E-state index in [-0.39, 0.29) is 5.56 Å². The van der Waals surface area contributed by atoms with E-state index >= 15 is 0 Å².